The van der Waals surface area contributed by atoms with Crippen LogP contribution in [0.15, 0.2) is 53.6 Å². The summed E-state index contributed by atoms with van der Waals surface area (Å²) in [5, 5.41) is 13.7. The van der Waals surface area contributed by atoms with Gasteiger partial charge in [0.25, 0.3) is 5.91 Å². The number of hydrogen-bond acceptors (Lipinski definition) is 3. The molecule has 4 nitrogen and oxygen atoms in total. The van der Waals surface area contributed by atoms with Gasteiger partial charge in [-0.25, -0.2) is 5.43 Å². The molecule has 0 bridgehead atoms. The van der Waals surface area contributed by atoms with Crippen LogP contribution >= 0.6 is 23.2 Å². The molecule has 2 aromatic carbocycles. The molecule has 0 radical (unpaired) electrons. The number of allylic oxidation sites excluding steroid dienone is 1. The third-order valence-corrected chi connectivity index (χ3v) is 3.19. The molecular weight excluding hydrogens is 323 g/mol. The van der Waals surface area contributed by atoms with Crippen molar-refractivity contribution >= 4 is 41.4 Å². The molecule has 0 spiro atoms. The van der Waals surface area contributed by atoms with Gasteiger partial charge in [0.1, 0.15) is 5.75 Å². The van der Waals surface area contributed by atoms with Gasteiger partial charge in [0.15, 0.2) is 0 Å². The molecular formula is C16H12Cl2N2O2. The van der Waals surface area contributed by atoms with Gasteiger partial charge >= 0.3 is 0 Å². The molecule has 0 aromatic heterocycles. The molecule has 0 aliphatic rings. The van der Waals surface area contributed by atoms with Gasteiger partial charge in [0, 0.05) is 11.2 Å². The lowest BCUT2D eigenvalue weighted by Crippen LogP contribution is -2.17. The van der Waals surface area contributed by atoms with E-state index in [4.69, 9.17) is 23.2 Å². The highest BCUT2D eigenvalue weighted by Gasteiger charge is 2.14. The van der Waals surface area contributed by atoms with E-state index in [0.717, 1.165) is 5.56 Å². The van der Waals surface area contributed by atoms with Gasteiger partial charge in [0.2, 0.25) is 0 Å². The van der Waals surface area contributed by atoms with Crippen LogP contribution in [0.3, 0.4) is 0 Å². The van der Waals surface area contributed by atoms with E-state index in [1.54, 1.807) is 6.08 Å². The van der Waals surface area contributed by atoms with E-state index in [1.807, 2.05) is 36.4 Å². The van der Waals surface area contributed by atoms with Gasteiger partial charge in [0.05, 0.1) is 10.6 Å². The van der Waals surface area contributed by atoms with Crippen LogP contribution in [0.5, 0.6) is 5.75 Å². The summed E-state index contributed by atoms with van der Waals surface area (Å²) in [4.78, 5) is 11.9. The van der Waals surface area contributed by atoms with Crippen molar-refractivity contribution < 1.29 is 9.90 Å². The number of rotatable bonds is 4. The molecule has 0 fully saturated rings. The number of nitrogens with one attached hydrogen (secondary N) is 1. The molecule has 2 N–H and O–H groups in total. The summed E-state index contributed by atoms with van der Waals surface area (Å²) < 4.78 is 0. The van der Waals surface area contributed by atoms with Gasteiger partial charge < -0.3 is 5.11 Å². The molecule has 0 unspecified atom stereocenters. The zero-order chi connectivity index (χ0) is 15.9. The fourth-order valence-electron chi connectivity index (χ4n) is 1.66. The summed E-state index contributed by atoms with van der Waals surface area (Å²) in [5.74, 6) is -0.940. The number of phenolic OH excluding ortho intramolecular Hbond substituents is 1. The molecule has 0 heterocycles. The minimum atomic E-state index is -0.605. The number of halogens is 2. The smallest absolute Gasteiger partial charge is 0.275 e. The number of carbonyl (C=O) groups excluding carboxylic acids is 1. The second-order valence-electron chi connectivity index (χ2n) is 4.27. The van der Waals surface area contributed by atoms with E-state index in [0.29, 0.717) is 0 Å². The largest absolute Gasteiger partial charge is 0.506 e. The third kappa shape index (κ3) is 4.35. The number of aromatic hydroxyl groups is 1. The molecule has 1 amide bonds. The van der Waals surface area contributed by atoms with E-state index >= 15 is 0 Å². The minimum Gasteiger partial charge on any atom is -0.506 e. The van der Waals surface area contributed by atoms with E-state index < -0.39 is 5.91 Å². The molecule has 0 aliphatic carbocycles. The Bertz CT molecular complexity index is 728. The Kier molecular flexibility index (Phi) is 5.58. The molecule has 2 rings (SSSR count). The maximum Gasteiger partial charge on any atom is 0.275 e. The molecule has 0 saturated carbocycles. The lowest BCUT2D eigenvalue weighted by atomic mass is 10.2. The molecule has 0 atom stereocenters. The molecule has 2 aromatic rings. The normalized spacial score (nSPS) is 11.2. The van der Waals surface area contributed by atoms with Crippen molar-refractivity contribution in [3.05, 3.63) is 69.7 Å². The molecule has 22 heavy (non-hydrogen) atoms. The minimum absolute atomic E-state index is 0.00519. The van der Waals surface area contributed by atoms with Crippen molar-refractivity contribution in [2.24, 2.45) is 5.10 Å². The van der Waals surface area contributed by atoms with Crippen molar-refractivity contribution in [2.75, 3.05) is 0 Å². The van der Waals surface area contributed by atoms with Crippen molar-refractivity contribution in [1.82, 2.24) is 5.43 Å². The fourth-order valence-corrected chi connectivity index (χ4v) is 2.15. The Morgan fingerprint density at radius 3 is 2.64 bits per heavy atom. The second kappa shape index (κ2) is 7.64. The quantitative estimate of drug-likeness (QED) is 0.652. The van der Waals surface area contributed by atoms with Crippen LogP contribution in [-0.2, 0) is 0 Å². The fraction of sp³-hybridized carbons (Fsp3) is 0. The zero-order valence-electron chi connectivity index (χ0n) is 11.3. The topological polar surface area (TPSA) is 61.7 Å². The Hall–Kier alpha value is -2.30. The Morgan fingerprint density at radius 2 is 1.91 bits per heavy atom. The second-order valence-corrected chi connectivity index (χ2v) is 5.12. The highest BCUT2D eigenvalue weighted by molar-refractivity contribution is 6.36. The van der Waals surface area contributed by atoms with E-state index in [-0.39, 0.29) is 21.4 Å². The molecule has 6 heteroatoms. The Morgan fingerprint density at radius 1 is 1.18 bits per heavy atom. The summed E-state index contributed by atoms with van der Waals surface area (Å²) >= 11 is 11.5. The molecule has 0 aliphatic heterocycles. The third-order valence-electron chi connectivity index (χ3n) is 2.69. The van der Waals surface area contributed by atoms with E-state index in [9.17, 15) is 9.90 Å². The van der Waals surface area contributed by atoms with Crippen LogP contribution in [0, 0.1) is 0 Å². The first-order valence-electron chi connectivity index (χ1n) is 6.31. The number of hydrogen-bond donors (Lipinski definition) is 2. The number of nitrogens with zero attached hydrogens (tertiary/aromatic N) is 1. The summed E-state index contributed by atoms with van der Waals surface area (Å²) in [6.07, 6.45) is 4.94. The average molecular weight is 335 g/mol. The van der Waals surface area contributed by atoms with Crippen LogP contribution in [0.1, 0.15) is 15.9 Å². The van der Waals surface area contributed by atoms with Crippen molar-refractivity contribution in [2.45, 2.75) is 0 Å². The van der Waals surface area contributed by atoms with Crippen LogP contribution in [0.25, 0.3) is 6.08 Å². The van der Waals surface area contributed by atoms with Crippen LogP contribution in [-0.4, -0.2) is 17.2 Å². The number of hydrazone groups is 1. The maximum absolute atomic E-state index is 11.9. The van der Waals surface area contributed by atoms with Crippen LogP contribution < -0.4 is 5.43 Å². The zero-order valence-corrected chi connectivity index (χ0v) is 12.8. The van der Waals surface area contributed by atoms with Crippen molar-refractivity contribution in [3.8, 4) is 5.75 Å². The first-order chi connectivity index (χ1) is 10.6. The lowest BCUT2D eigenvalue weighted by Gasteiger charge is -2.05. The first-order valence-corrected chi connectivity index (χ1v) is 7.06. The van der Waals surface area contributed by atoms with Crippen molar-refractivity contribution in [1.29, 1.82) is 0 Å². The number of carbonyl (C=O) groups is 1. The number of amides is 1. The standard InChI is InChI=1S/C16H12Cl2N2O2/c17-12-9-13(15(21)14(18)10-12)16(22)20-19-8-4-7-11-5-2-1-3-6-11/h1-10,21H,(H,20,22)/b7-4+,19-8+. The maximum atomic E-state index is 11.9. The molecule has 0 saturated heterocycles. The highest BCUT2D eigenvalue weighted by Crippen LogP contribution is 2.30. The molecule has 112 valence electrons. The number of benzene rings is 2. The number of phenols is 1. The van der Waals surface area contributed by atoms with Crippen molar-refractivity contribution in [3.63, 3.8) is 0 Å². The van der Waals surface area contributed by atoms with Gasteiger partial charge in [-0.1, -0.05) is 59.6 Å². The summed E-state index contributed by atoms with van der Waals surface area (Å²) in [5.41, 5.74) is 3.26. The monoisotopic (exact) mass is 334 g/mol. The summed E-state index contributed by atoms with van der Waals surface area (Å²) in [6, 6.07) is 12.3. The predicted molar refractivity (Wildman–Crippen MR) is 89.6 cm³/mol. The van der Waals surface area contributed by atoms with Crippen LogP contribution in [0.2, 0.25) is 10.0 Å². The highest BCUT2D eigenvalue weighted by atomic mass is 35.5. The van der Waals surface area contributed by atoms with Gasteiger partial charge in [-0.2, -0.15) is 5.10 Å². The van der Waals surface area contributed by atoms with Crippen LogP contribution in [0.4, 0.5) is 0 Å². The van der Waals surface area contributed by atoms with E-state index in [1.165, 1.54) is 18.3 Å². The Labute approximate surface area is 137 Å². The summed E-state index contributed by atoms with van der Waals surface area (Å²) in [7, 11) is 0. The summed E-state index contributed by atoms with van der Waals surface area (Å²) in [6.45, 7) is 0. The predicted octanol–water partition coefficient (Wildman–Crippen LogP) is 4.13. The average Bonchev–Trinajstić information content (AvgIpc) is 2.51. The van der Waals surface area contributed by atoms with Gasteiger partial charge in [-0.3, -0.25) is 4.79 Å². The van der Waals surface area contributed by atoms with Gasteiger partial charge in [-0.05, 0) is 23.8 Å². The van der Waals surface area contributed by atoms with Gasteiger partial charge in [-0.15, -0.1) is 0 Å². The first kappa shape index (κ1) is 16.1. The van der Waals surface area contributed by atoms with E-state index in [2.05, 4.69) is 10.5 Å². The SMILES string of the molecule is O=C(N/N=C/C=C/c1ccccc1)c1cc(Cl)cc(Cl)c1O. The Balaban J connectivity index is 1.98. The lowest BCUT2D eigenvalue weighted by molar-refractivity contribution is 0.0952.